The highest BCUT2D eigenvalue weighted by atomic mass is 79.9. The number of ether oxygens (including phenoxy) is 1. The summed E-state index contributed by atoms with van der Waals surface area (Å²) in [7, 11) is 1.71. The number of rotatable bonds is 2. The van der Waals surface area contributed by atoms with Gasteiger partial charge in [0.25, 0.3) is 5.91 Å². The Labute approximate surface area is 166 Å². The quantitative estimate of drug-likeness (QED) is 0.614. The van der Waals surface area contributed by atoms with Gasteiger partial charge in [0.2, 0.25) is 0 Å². The zero-order valence-corrected chi connectivity index (χ0v) is 17.7. The largest absolute Gasteiger partial charge is 0.444 e. The van der Waals surface area contributed by atoms with Crippen molar-refractivity contribution >= 4 is 39.5 Å². The Bertz CT molecular complexity index is 677. The van der Waals surface area contributed by atoms with Crippen LogP contribution in [0.2, 0.25) is 5.02 Å². The maximum absolute atomic E-state index is 13.8. The van der Waals surface area contributed by atoms with Crippen LogP contribution in [0.25, 0.3) is 0 Å². The second kappa shape index (κ2) is 8.13. The van der Waals surface area contributed by atoms with E-state index in [-0.39, 0.29) is 28.6 Å². The SMILES string of the molecule is CN(C(=O)OC(C)(C)C)C1CCN(C(=O)c2cc(F)c(Cl)c(Br)c2)CC1. The Hall–Kier alpha value is -1.34. The van der Waals surface area contributed by atoms with E-state index >= 15 is 0 Å². The highest BCUT2D eigenvalue weighted by Crippen LogP contribution is 2.28. The zero-order valence-electron chi connectivity index (χ0n) is 15.3. The molecule has 1 aromatic rings. The van der Waals surface area contributed by atoms with Crippen LogP contribution in [0.5, 0.6) is 0 Å². The summed E-state index contributed by atoms with van der Waals surface area (Å²) >= 11 is 8.93. The summed E-state index contributed by atoms with van der Waals surface area (Å²) in [6.07, 6.45) is 0.906. The number of amides is 2. The lowest BCUT2D eigenvalue weighted by atomic mass is 10.0. The third kappa shape index (κ3) is 5.10. The van der Waals surface area contributed by atoms with Crippen LogP contribution < -0.4 is 0 Å². The first-order valence-corrected chi connectivity index (χ1v) is 9.56. The Morgan fingerprint density at radius 3 is 2.38 bits per heavy atom. The highest BCUT2D eigenvalue weighted by Gasteiger charge is 2.30. The molecule has 2 amide bonds. The lowest BCUT2D eigenvalue weighted by molar-refractivity contribution is 0.0156. The molecule has 144 valence electrons. The minimum Gasteiger partial charge on any atom is -0.444 e. The van der Waals surface area contributed by atoms with Crippen molar-refractivity contribution in [3.8, 4) is 0 Å². The summed E-state index contributed by atoms with van der Waals surface area (Å²) in [6, 6.07) is 2.67. The average molecular weight is 450 g/mol. The van der Waals surface area contributed by atoms with E-state index in [1.54, 1.807) is 16.8 Å². The number of piperidine rings is 1. The van der Waals surface area contributed by atoms with Crippen molar-refractivity contribution < 1.29 is 18.7 Å². The number of benzene rings is 1. The van der Waals surface area contributed by atoms with Crippen LogP contribution in [-0.4, -0.2) is 53.6 Å². The second-order valence-electron chi connectivity index (χ2n) is 7.37. The maximum Gasteiger partial charge on any atom is 0.410 e. The number of hydrogen-bond donors (Lipinski definition) is 0. The van der Waals surface area contributed by atoms with Gasteiger partial charge >= 0.3 is 6.09 Å². The van der Waals surface area contributed by atoms with Gasteiger partial charge in [-0.25, -0.2) is 9.18 Å². The van der Waals surface area contributed by atoms with E-state index in [9.17, 15) is 14.0 Å². The van der Waals surface area contributed by atoms with Crippen LogP contribution in [0.3, 0.4) is 0 Å². The molecule has 1 heterocycles. The summed E-state index contributed by atoms with van der Waals surface area (Å²) in [5.74, 6) is -0.886. The minimum atomic E-state index is -0.635. The summed E-state index contributed by atoms with van der Waals surface area (Å²) < 4.78 is 19.5. The Morgan fingerprint density at radius 1 is 1.31 bits per heavy atom. The van der Waals surface area contributed by atoms with Gasteiger partial charge in [-0.2, -0.15) is 0 Å². The average Bonchev–Trinajstić information content (AvgIpc) is 2.56. The lowest BCUT2D eigenvalue weighted by Crippen LogP contribution is -2.48. The van der Waals surface area contributed by atoms with Crippen LogP contribution in [0, 0.1) is 5.82 Å². The molecular weight excluding hydrogens is 427 g/mol. The Morgan fingerprint density at radius 2 is 1.88 bits per heavy atom. The van der Waals surface area contributed by atoms with Gasteiger partial charge in [-0.1, -0.05) is 11.6 Å². The first-order valence-electron chi connectivity index (χ1n) is 8.39. The van der Waals surface area contributed by atoms with Crippen molar-refractivity contribution in [2.75, 3.05) is 20.1 Å². The lowest BCUT2D eigenvalue weighted by Gasteiger charge is -2.37. The van der Waals surface area contributed by atoms with Crippen molar-refractivity contribution in [2.24, 2.45) is 0 Å². The molecule has 5 nitrogen and oxygen atoms in total. The molecule has 1 fully saturated rings. The predicted molar refractivity (Wildman–Crippen MR) is 102 cm³/mol. The normalized spacial score (nSPS) is 15.7. The third-order valence-corrected chi connectivity index (χ3v) is 5.45. The maximum atomic E-state index is 13.8. The van der Waals surface area contributed by atoms with Gasteiger partial charge in [0, 0.05) is 36.2 Å². The van der Waals surface area contributed by atoms with Gasteiger partial charge in [0.15, 0.2) is 0 Å². The molecule has 0 aromatic heterocycles. The fraction of sp³-hybridized carbons (Fsp3) is 0.556. The standard InChI is InChI=1S/C18H23BrClFN2O3/c1-18(2,3)26-17(25)22(4)12-5-7-23(8-6-12)16(24)11-9-13(19)15(20)14(21)10-11/h9-10,12H,5-8H2,1-4H3. The summed E-state index contributed by atoms with van der Waals surface area (Å²) in [6.45, 7) is 6.44. The number of likely N-dealkylation sites (tertiary alicyclic amines) is 1. The highest BCUT2D eigenvalue weighted by molar-refractivity contribution is 9.10. The number of hydrogen-bond acceptors (Lipinski definition) is 3. The van der Waals surface area contributed by atoms with Crippen LogP contribution in [0.1, 0.15) is 44.0 Å². The molecule has 0 bridgehead atoms. The van der Waals surface area contributed by atoms with E-state index in [1.165, 1.54) is 6.07 Å². The molecule has 0 unspecified atom stereocenters. The first-order chi connectivity index (χ1) is 12.0. The fourth-order valence-corrected chi connectivity index (χ4v) is 3.35. The van der Waals surface area contributed by atoms with Crippen molar-refractivity contribution in [2.45, 2.75) is 45.3 Å². The van der Waals surface area contributed by atoms with Gasteiger partial charge < -0.3 is 14.5 Å². The molecule has 0 atom stereocenters. The van der Waals surface area contributed by atoms with Gasteiger partial charge in [0.05, 0.1) is 5.02 Å². The summed E-state index contributed by atoms with van der Waals surface area (Å²) in [4.78, 5) is 28.0. The molecule has 1 saturated heterocycles. The molecule has 1 aliphatic heterocycles. The Balaban J connectivity index is 1.97. The van der Waals surface area contributed by atoms with Gasteiger partial charge in [-0.3, -0.25) is 4.79 Å². The molecule has 0 aliphatic carbocycles. The van der Waals surface area contributed by atoms with Crippen LogP contribution >= 0.6 is 27.5 Å². The molecule has 2 rings (SSSR count). The van der Waals surface area contributed by atoms with Gasteiger partial charge in [-0.05, 0) is 61.7 Å². The molecule has 0 N–H and O–H groups in total. The third-order valence-electron chi connectivity index (χ3n) is 4.21. The molecule has 1 aliphatic rings. The number of carbonyl (C=O) groups excluding carboxylic acids is 2. The van der Waals surface area contributed by atoms with Crippen molar-refractivity contribution in [3.63, 3.8) is 0 Å². The smallest absolute Gasteiger partial charge is 0.410 e. The van der Waals surface area contributed by atoms with Gasteiger partial charge in [0.1, 0.15) is 11.4 Å². The first kappa shape index (κ1) is 21.0. The minimum absolute atomic E-state index is 0.00240. The van der Waals surface area contributed by atoms with Crippen molar-refractivity contribution in [1.82, 2.24) is 9.80 Å². The molecule has 0 spiro atoms. The fourth-order valence-electron chi connectivity index (χ4n) is 2.80. The van der Waals surface area contributed by atoms with E-state index in [1.807, 2.05) is 20.8 Å². The van der Waals surface area contributed by atoms with E-state index < -0.39 is 11.4 Å². The monoisotopic (exact) mass is 448 g/mol. The second-order valence-corrected chi connectivity index (χ2v) is 8.60. The van der Waals surface area contributed by atoms with Crippen molar-refractivity contribution in [3.05, 3.63) is 33.0 Å². The number of nitrogens with zero attached hydrogens (tertiary/aromatic N) is 2. The van der Waals surface area contributed by atoms with Crippen LogP contribution in [0.15, 0.2) is 16.6 Å². The van der Waals surface area contributed by atoms with E-state index in [2.05, 4.69) is 15.9 Å². The van der Waals surface area contributed by atoms with Crippen molar-refractivity contribution in [1.29, 1.82) is 0 Å². The molecule has 26 heavy (non-hydrogen) atoms. The predicted octanol–water partition coefficient (Wildman–Crippen LogP) is 4.71. The van der Waals surface area contributed by atoms with E-state index in [0.29, 0.717) is 30.4 Å². The molecule has 8 heteroatoms. The van der Waals surface area contributed by atoms with Crippen LogP contribution in [0.4, 0.5) is 9.18 Å². The van der Waals surface area contributed by atoms with E-state index in [4.69, 9.17) is 16.3 Å². The zero-order chi connectivity index (χ0) is 19.6. The number of halogens is 3. The van der Waals surface area contributed by atoms with E-state index in [0.717, 1.165) is 6.07 Å². The molecule has 0 radical (unpaired) electrons. The summed E-state index contributed by atoms with van der Waals surface area (Å²) in [5, 5.41) is -0.0424. The molecule has 1 aromatic carbocycles. The summed E-state index contributed by atoms with van der Waals surface area (Å²) in [5.41, 5.74) is -0.300. The van der Waals surface area contributed by atoms with Gasteiger partial charge in [-0.15, -0.1) is 0 Å². The topological polar surface area (TPSA) is 49.9 Å². The number of carbonyl (C=O) groups is 2. The Kier molecular flexibility index (Phi) is 6.55. The van der Waals surface area contributed by atoms with Crippen LogP contribution in [-0.2, 0) is 4.74 Å². The molecular formula is C18H23BrClFN2O3. The molecule has 0 saturated carbocycles.